The fourth-order valence-electron chi connectivity index (χ4n) is 4.06. The van der Waals surface area contributed by atoms with Crippen molar-refractivity contribution in [1.29, 1.82) is 0 Å². The number of fused-ring (bicyclic) bond motifs is 3. The summed E-state index contributed by atoms with van der Waals surface area (Å²) >= 11 is 0.910. The van der Waals surface area contributed by atoms with Crippen molar-refractivity contribution in [1.82, 2.24) is 15.2 Å². The molecule has 1 aromatic heterocycles. The molecule has 3 aliphatic rings. The largest absolute Gasteiger partial charge is 0.478 e. The molecule has 35 heavy (non-hydrogen) atoms. The molecule has 16 nitrogen and oxygen atoms in total. The number of nitrogen functional groups attached to an aromatic ring is 1. The number of carbonyl (C=O) groups is 5. The van der Waals surface area contributed by atoms with Crippen molar-refractivity contribution < 1.29 is 52.2 Å². The lowest BCUT2D eigenvalue weighted by Gasteiger charge is -2.56. The van der Waals surface area contributed by atoms with Crippen LogP contribution in [0, 0.1) is 5.92 Å². The number of hydrogen-bond donors (Lipinski definition) is 4. The lowest BCUT2D eigenvalue weighted by atomic mass is 9.89. The maximum absolute atomic E-state index is 13.0. The molecule has 4 heterocycles. The van der Waals surface area contributed by atoms with Gasteiger partial charge in [0.25, 0.3) is 17.5 Å². The van der Waals surface area contributed by atoms with E-state index in [1.807, 2.05) is 0 Å². The Balaban J connectivity index is 1.64. The molecule has 4 rings (SSSR count). The van der Waals surface area contributed by atoms with Crippen LogP contribution in [0.15, 0.2) is 10.5 Å². The average Bonchev–Trinajstić information content (AvgIpc) is 3.32. The molecule has 3 aliphatic heterocycles. The summed E-state index contributed by atoms with van der Waals surface area (Å²) in [6.45, 7) is 1.13. The van der Waals surface area contributed by atoms with Gasteiger partial charge in [-0.05, 0) is 6.92 Å². The van der Waals surface area contributed by atoms with E-state index in [1.165, 1.54) is 5.38 Å². The van der Waals surface area contributed by atoms with Crippen molar-refractivity contribution in [2.45, 2.75) is 36.6 Å². The van der Waals surface area contributed by atoms with Gasteiger partial charge in [-0.1, -0.05) is 5.16 Å². The number of hydrogen-bond acceptors (Lipinski definition) is 13. The second-order valence-electron chi connectivity index (χ2n) is 7.85. The van der Waals surface area contributed by atoms with Gasteiger partial charge in [-0.2, -0.15) is 0 Å². The quantitative estimate of drug-likeness (QED) is 0.122. The number of ether oxygens (including phenoxy) is 1. The van der Waals surface area contributed by atoms with Gasteiger partial charge in [0.15, 0.2) is 26.1 Å². The Labute approximate surface area is 199 Å². The molecule has 3 saturated heterocycles. The topological polar surface area (TPSA) is 245 Å². The summed E-state index contributed by atoms with van der Waals surface area (Å²) in [4.78, 5) is 69.8. The minimum absolute atomic E-state index is 0.0185. The van der Waals surface area contributed by atoms with Gasteiger partial charge in [-0.3, -0.25) is 19.3 Å². The molecule has 3 fully saturated rings. The molecular formula is C17H17N5O11S2. The first-order chi connectivity index (χ1) is 16.3. The first-order valence-electron chi connectivity index (χ1n) is 9.78. The van der Waals surface area contributed by atoms with E-state index in [0.717, 1.165) is 18.3 Å². The van der Waals surface area contributed by atoms with E-state index in [1.54, 1.807) is 0 Å². The molecule has 0 spiro atoms. The minimum atomic E-state index is -4.21. The molecule has 1 aromatic rings. The highest BCUT2D eigenvalue weighted by atomic mass is 32.2. The van der Waals surface area contributed by atoms with Crippen LogP contribution in [-0.2, 0) is 43.4 Å². The van der Waals surface area contributed by atoms with Crippen LogP contribution in [0.4, 0.5) is 5.13 Å². The maximum Gasteiger partial charge on any atom is 0.370 e. The van der Waals surface area contributed by atoms with Gasteiger partial charge in [-0.15, -0.1) is 11.3 Å². The Kier molecular flexibility index (Phi) is 5.67. The normalized spacial score (nSPS) is 29.8. The zero-order chi connectivity index (χ0) is 25.9. The van der Waals surface area contributed by atoms with E-state index in [4.69, 9.17) is 20.4 Å². The van der Waals surface area contributed by atoms with Crippen LogP contribution in [0.25, 0.3) is 0 Å². The van der Waals surface area contributed by atoms with Crippen LogP contribution >= 0.6 is 11.3 Å². The van der Waals surface area contributed by atoms with E-state index in [0.29, 0.717) is 4.90 Å². The smallest absolute Gasteiger partial charge is 0.370 e. The number of carbonyl (C=O) groups excluding carboxylic acids is 3. The van der Waals surface area contributed by atoms with Gasteiger partial charge in [0.2, 0.25) is 6.10 Å². The summed E-state index contributed by atoms with van der Waals surface area (Å²) in [6, 6.07) is -1.75. The van der Waals surface area contributed by atoms with Crippen molar-refractivity contribution >= 4 is 61.7 Å². The third-order valence-corrected chi connectivity index (χ3v) is 8.42. The fraction of sp³-hybridized carbons (Fsp3) is 0.471. The van der Waals surface area contributed by atoms with Crippen molar-refractivity contribution in [3.8, 4) is 0 Å². The zero-order valence-electron chi connectivity index (χ0n) is 17.6. The molecule has 0 aliphatic carbocycles. The van der Waals surface area contributed by atoms with E-state index < -0.39 is 86.6 Å². The predicted octanol–water partition coefficient (Wildman–Crippen LogP) is -2.66. The summed E-state index contributed by atoms with van der Waals surface area (Å²) in [5, 5.41) is 23.8. The van der Waals surface area contributed by atoms with Crippen LogP contribution in [0.3, 0.4) is 0 Å². The lowest BCUT2D eigenvalue weighted by molar-refractivity contribution is -0.216. The summed E-state index contributed by atoms with van der Waals surface area (Å²) in [5.41, 5.74) is 2.29. The van der Waals surface area contributed by atoms with Gasteiger partial charge in [0.05, 0.1) is 18.1 Å². The number of carboxylic acids is 2. The summed E-state index contributed by atoms with van der Waals surface area (Å²) in [6.07, 6.45) is -1.99. The Morgan fingerprint density at radius 1 is 1.40 bits per heavy atom. The molecule has 2 amide bonds. The van der Waals surface area contributed by atoms with Gasteiger partial charge in [0.1, 0.15) is 11.7 Å². The summed E-state index contributed by atoms with van der Waals surface area (Å²) in [5.74, 6) is -8.48. The number of nitrogens with one attached hydrogen (secondary N) is 1. The number of sulfone groups is 1. The van der Waals surface area contributed by atoms with E-state index in [-0.39, 0.29) is 10.8 Å². The number of carboxylic acid groups (broad SMARTS) is 2. The van der Waals surface area contributed by atoms with E-state index in [2.05, 4.69) is 15.5 Å². The first-order valence-corrected chi connectivity index (χ1v) is 12.4. The highest BCUT2D eigenvalue weighted by Crippen LogP contribution is 2.48. The Morgan fingerprint density at radius 2 is 2.09 bits per heavy atom. The molecular weight excluding hydrogens is 514 g/mol. The van der Waals surface area contributed by atoms with Crippen LogP contribution in [0.5, 0.6) is 0 Å². The molecule has 5 atom stereocenters. The monoisotopic (exact) mass is 531 g/mol. The number of anilines is 1. The fourth-order valence-corrected chi connectivity index (χ4v) is 6.89. The molecule has 0 saturated carbocycles. The minimum Gasteiger partial charge on any atom is -0.478 e. The lowest BCUT2D eigenvalue weighted by Crippen LogP contribution is -2.84. The Morgan fingerprint density at radius 3 is 2.66 bits per heavy atom. The van der Waals surface area contributed by atoms with E-state index in [9.17, 15) is 37.5 Å². The number of aliphatic carboxylic acids is 2. The molecule has 188 valence electrons. The summed E-state index contributed by atoms with van der Waals surface area (Å²) in [7, 11) is -4.21. The SMILES string of the molecule is C[C@@H](O/N=C(\C(=O)N[C@@H]1C(=O)N2[C@@H]1S(=O)(=O)C[C@@H]1CC(=O)O[C@@]12C(=O)O)c1csc(N)n1)C(=O)O. The molecule has 0 unspecified atom stereocenters. The van der Waals surface area contributed by atoms with Crippen LogP contribution in [0.1, 0.15) is 19.0 Å². The Bertz CT molecular complexity index is 1290. The van der Waals surface area contributed by atoms with Gasteiger partial charge in [-0.25, -0.2) is 23.0 Å². The van der Waals surface area contributed by atoms with Crippen molar-refractivity contribution in [2.75, 3.05) is 11.5 Å². The molecule has 0 aromatic carbocycles. The second-order valence-corrected chi connectivity index (χ2v) is 10.9. The Hall–Kier alpha value is -3.80. The third-order valence-electron chi connectivity index (χ3n) is 5.66. The third kappa shape index (κ3) is 3.73. The van der Waals surface area contributed by atoms with Gasteiger partial charge < -0.3 is 30.8 Å². The number of thiazole rings is 1. The number of nitrogens with two attached hydrogens (primary N) is 1. The molecule has 0 radical (unpaired) electrons. The van der Waals surface area contributed by atoms with Crippen LogP contribution < -0.4 is 11.1 Å². The van der Waals surface area contributed by atoms with Crippen molar-refractivity contribution in [3.63, 3.8) is 0 Å². The number of nitrogens with zero attached hydrogens (tertiary/aromatic N) is 3. The average molecular weight is 531 g/mol. The number of aromatic nitrogens is 1. The van der Waals surface area contributed by atoms with Crippen molar-refractivity contribution in [2.24, 2.45) is 11.1 Å². The summed E-state index contributed by atoms with van der Waals surface area (Å²) < 4.78 is 30.7. The second kappa shape index (κ2) is 8.15. The molecule has 18 heteroatoms. The number of esters is 1. The number of rotatable bonds is 7. The van der Waals surface area contributed by atoms with Gasteiger partial charge >= 0.3 is 17.9 Å². The standard InChI is InChI=1S/C17H17N5O11S2/c1-5(14(26)27)33-21-9(7-3-34-16(18)19-7)11(24)20-10-12(25)22-13(10)35(30,31)4-6-2-8(23)32-17(6,22)15(28)29/h3,5-6,10,13H,2,4H2,1H3,(H2,18,19)(H,20,24)(H,26,27)(H,28,29)/b21-9-/t5-,6+,10-,13-,17-/m1/s1. The number of oxime groups is 1. The predicted molar refractivity (Wildman–Crippen MR) is 112 cm³/mol. The van der Waals surface area contributed by atoms with E-state index >= 15 is 0 Å². The highest BCUT2D eigenvalue weighted by Gasteiger charge is 2.75. The first kappa shape index (κ1) is 24.3. The molecule has 5 N–H and O–H groups in total. The number of β-lactam (4-membered cyclic amide) rings is 1. The molecule has 0 bridgehead atoms. The van der Waals surface area contributed by atoms with Crippen LogP contribution in [0.2, 0.25) is 0 Å². The zero-order valence-corrected chi connectivity index (χ0v) is 19.2. The van der Waals surface area contributed by atoms with Crippen LogP contribution in [-0.4, -0.2) is 92.9 Å². The highest BCUT2D eigenvalue weighted by molar-refractivity contribution is 7.92. The number of amides is 2. The van der Waals surface area contributed by atoms with Crippen molar-refractivity contribution in [3.05, 3.63) is 11.1 Å². The maximum atomic E-state index is 13.0. The van der Waals surface area contributed by atoms with Gasteiger partial charge in [0, 0.05) is 5.38 Å².